The summed E-state index contributed by atoms with van der Waals surface area (Å²) in [7, 11) is 0. The van der Waals surface area contributed by atoms with Gasteiger partial charge in [-0.05, 0) is 30.9 Å². The van der Waals surface area contributed by atoms with E-state index < -0.39 is 5.97 Å². The Bertz CT molecular complexity index is 298. The Morgan fingerprint density at radius 1 is 1.30 bits per heavy atom. The minimum absolute atomic E-state index is 0.0149. The molecule has 0 aliphatic heterocycles. The van der Waals surface area contributed by atoms with Crippen LogP contribution in [0.2, 0.25) is 0 Å². The van der Waals surface area contributed by atoms with Crippen molar-refractivity contribution in [1.82, 2.24) is 10.6 Å². The lowest BCUT2D eigenvalue weighted by Crippen LogP contribution is -2.44. The number of carbonyl (C=O) groups excluding carboxylic acids is 1. The minimum Gasteiger partial charge on any atom is -0.481 e. The smallest absolute Gasteiger partial charge is 0.315 e. The van der Waals surface area contributed by atoms with Crippen LogP contribution >= 0.6 is 11.8 Å². The Morgan fingerprint density at radius 2 is 1.95 bits per heavy atom. The lowest BCUT2D eigenvalue weighted by molar-refractivity contribution is -0.138. The van der Waals surface area contributed by atoms with E-state index in [0.29, 0.717) is 12.5 Å². The minimum atomic E-state index is -0.813. The summed E-state index contributed by atoms with van der Waals surface area (Å²) < 4.78 is 0. The summed E-state index contributed by atoms with van der Waals surface area (Å²) in [6, 6.07) is -0.0435. The van der Waals surface area contributed by atoms with Gasteiger partial charge in [-0.15, -0.1) is 0 Å². The maximum absolute atomic E-state index is 11.8. The van der Waals surface area contributed by atoms with Gasteiger partial charge < -0.3 is 15.7 Å². The molecule has 1 unspecified atom stereocenters. The predicted molar refractivity (Wildman–Crippen MR) is 84.2 cm³/mol. The van der Waals surface area contributed by atoms with Gasteiger partial charge in [0.2, 0.25) is 0 Å². The average molecular weight is 304 g/mol. The zero-order valence-electron chi connectivity index (χ0n) is 12.9. The standard InChI is InChI=1S/C14H28N2O3S/c1-5-12(9-20-4)16-14(19)15-8-11(6-10(2)3)7-13(17)18/h10-12H,5-9H2,1-4H3,(H,17,18)(H2,15,16,19)/t11-,12?/m0/s1. The summed E-state index contributed by atoms with van der Waals surface area (Å²) in [5, 5.41) is 14.6. The van der Waals surface area contributed by atoms with Crippen LogP contribution in [0.25, 0.3) is 0 Å². The van der Waals surface area contributed by atoms with Gasteiger partial charge in [-0.3, -0.25) is 4.79 Å². The van der Waals surface area contributed by atoms with Gasteiger partial charge in [-0.1, -0.05) is 20.8 Å². The lowest BCUT2D eigenvalue weighted by Gasteiger charge is -2.20. The number of urea groups is 1. The zero-order chi connectivity index (χ0) is 15.5. The molecule has 2 amide bonds. The number of carbonyl (C=O) groups is 2. The van der Waals surface area contributed by atoms with E-state index in [1.54, 1.807) is 11.8 Å². The van der Waals surface area contributed by atoms with Gasteiger partial charge in [-0.2, -0.15) is 11.8 Å². The summed E-state index contributed by atoms with van der Waals surface area (Å²) >= 11 is 1.70. The first-order valence-corrected chi connectivity index (χ1v) is 8.53. The maximum atomic E-state index is 11.8. The number of hydrogen-bond donors (Lipinski definition) is 3. The van der Waals surface area contributed by atoms with Crippen molar-refractivity contribution in [3.8, 4) is 0 Å². The number of hydrogen-bond acceptors (Lipinski definition) is 3. The fourth-order valence-corrected chi connectivity index (χ4v) is 2.81. The van der Waals surface area contributed by atoms with E-state index >= 15 is 0 Å². The number of rotatable bonds is 10. The van der Waals surface area contributed by atoms with E-state index in [1.807, 2.05) is 13.2 Å². The van der Waals surface area contributed by atoms with Crippen molar-refractivity contribution in [2.24, 2.45) is 11.8 Å². The quantitative estimate of drug-likeness (QED) is 0.579. The molecule has 0 saturated carbocycles. The van der Waals surface area contributed by atoms with Crippen LogP contribution in [-0.2, 0) is 4.79 Å². The molecule has 0 bridgehead atoms. The molecule has 0 aliphatic carbocycles. The second-order valence-electron chi connectivity index (χ2n) is 5.51. The molecule has 0 aromatic rings. The highest BCUT2D eigenvalue weighted by molar-refractivity contribution is 7.98. The van der Waals surface area contributed by atoms with Crippen LogP contribution in [0.1, 0.15) is 40.0 Å². The van der Waals surface area contributed by atoms with E-state index in [9.17, 15) is 9.59 Å². The molecule has 0 aromatic heterocycles. The fourth-order valence-electron chi connectivity index (χ4n) is 2.09. The normalized spacial score (nSPS) is 13.8. The van der Waals surface area contributed by atoms with E-state index in [-0.39, 0.29) is 24.4 Å². The van der Waals surface area contributed by atoms with Crippen LogP contribution in [0.3, 0.4) is 0 Å². The molecule has 0 rings (SSSR count). The summed E-state index contributed by atoms with van der Waals surface area (Å²) in [6.07, 6.45) is 3.79. The molecule has 2 atom stereocenters. The molecule has 3 N–H and O–H groups in total. The molecule has 0 fully saturated rings. The van der Waals surface area contributed by atoms with Crippen LogP contribution in [0.5, 0.6) is 0 Å². The van der Waals surface area contributed by atoms with E-state index in [0.717, 1.165) is 18.6 Å². The average Bonchev–Trinajstić information content (AvgIpc) is 2.34. The van der Waals surface area contributed by atoms with Crippen LogP contribution in [0, 0.1) is 11.8 Å². The molecule has 0 spiro atoms. The monoisotopic (exact) mass is 304 g/mol. The molecule has 6 heteroatoms. The van der Waals surface area contributed by atoms with Crippen LogP contribution in [0.4, 0.5) is 4.79 Å². The molecule has 5 nitrogen and oxygen atoms in total. The Morgan fingerprint density at radius 3 is 2.40 bits per heavy atom. The number of carboxylic acid groups (broad SMARTS) is 1. The summed E-state index contributed by atoms with van der Waals surface area (Å²) in [6.45, 7) is 6.56. The third-order valence-corrected chi connectivity index (χ3v) is 3.75. The lowest BCUT2D eigenvalue weighted by atomic mass is 9.94. The number of nitrogens with one attached hydrogen (secondary N) is 2. The molecule has 0 aliphatic rings. The van der Waals surface area contributed by atoms with Gasteiger partial charge in [0.25, 0.3) is 0 Å². The van der Waals surface area contributed by atoms with Crippen molar-refractivity contribution in [2.45, 2.75) is 46.1 Å². The van der Waals surface area contributed by atoms with E-state index in [4.69, 9.17) is 5.11 Å². The molecule has 118 valence electrons. The Hall–Kier alpha value is -0.910. The first-order chi connectivity index (χ1) is 9.38. The van der Waals surface area contributed by atoms with Gasteiger partial charge in [0, 0.05) is 24.8 Å². The molecule has 0 radical (unpaired) electrons. The number of amides is 2. The zero-order valence-corrected chi connectivity index (χ0v) is 13.8. The molecular formula is C14H28N2O3S. The van der Waals surface area contributed by atoms with Gasteiger partial charge in [0.1, 0.15) is 0 Å². The van der Waals surface area contributed by atoms with Crippen molar-refractivity contribution in [3.05, 3.63) is 0 Å². The molecule has 0 heterocycles. The van der Waals surface area contributed by atoms with Crippen molar-refractivity contribution in [3.63, 3.8) is 0 Å². The van der Waals surface area contributed by atoms with Crippen LogP contribution < -0.4 is 10.6 Å². The third-order valence-electron chi connectivity index (χ3n) is 3.02. The SMILES string of the molecule is CCC(CSC)NC(=O)NC[C@H](CC(=O)O)CC(C)C. The van der Waals surface area contributed by atoms with Gasteiger partial charge in [-0.25, -0.2) is 4.79 Å². The Balaban J connectivity index is 4.17. The van der Waals surface area contributed by atoms with Crippen molar-refractivity contribution in [1.29, 1.82) is 0 Å². The first kappa shape index (κ1) is 19.1. The maximum Gasteiger partial charge on any atom is 0.315 e. The summed E-state index contributed by atoms with van der Waals surface area (Å²) in [5.41, 5.74) is 0. The predicted octanol–water partition coefficient (Wildman–Crippen LogP) is 2.56. The summed E-state index contributed by atoms with van der Waals surface area (Å²) in [4.78, 5) is 22.6. The molecule has 20 heavy (non-hydrogen) atoms. The number of thioether (sulfide) groups is 1. The van der Waals surface area contributed by atoms with Crippen LogP contribution in [0.15, 0.2) is 0 Å². The van der Waals surface area contributed by atoms with Crippen molar-refractivity contribution >= 4 is 23.8 Å². The molecule has 0 aromatic carbocycles. The van der Waals surface area contributed by atoms with Gasteiger partial charge in [0.15, 0.2) is 0 Å². The highest BCUT2D eigenvalue weighted by Crippen LogP contribution is 2.14. The molecule has 0 saturated heterocycles. The summed E-state index contributed by atoms with van der Waals surface area (Å²) in [5.74, 6) is 0.476. The van der Waals surface area contributed by atoms with Gasteiger partial charge in [0.05, 0.1) is 0 Å². The second-order valence-corrected chi connectivity index (χ2v) is 6.42. The Labute approximate surface area is 126 Å². The number of carboxylic acids is 1. The van der Waals surface area contributed by atoms with Crippen LogP contribution in [-0.4, -0.2) is 41.7 Å². The first-order valence-electron chi connectivity index (χ1n) is 7.14. The number of aliphatic carboxylic acids is 1. The largest absolute Gasteiger partial charge is 0.481 e. The Kier molecular flexibility index (Phi) is 10.3. The van der Waals surface area contributed by atoms with E-state index in [2.05, 4.69) is 24.5 Å². The van der Waals surface area contributed by atoms with Crippen molar-refractivity contribution in [2.75, 3.05) is 18.6 Å². The topological polar surface area (TPSA) is 78.4 Å². The van der Waals surface area contributed by atoms with Crippen molar-refractivity contribution < 1.29 is 14.7 Å². The third kappa shape index (κ3) is 9.95. The second kappa shape index (κ2) is 10.8. The van der Waals surface area contributed by atoms with Gasteiger partial charge >= 0.3 is 12.0 Å². The fraction of sp³-hybridized carbons (Fsp3) is 0.857. The van der Waals surface area contributed by atoms with E-state index in [1.165, 1.54) is 0 Å². The molecular weight excluding hydrogens is 276 g/mol. The highest BCUT2D eigenvalue weighted by atomic mass is 32.2. The highest BCUT2D eigenvalue weighted by Gasteiger charge is 2.17.